The molecule has 0 aliphatic carbocycles. The molecule has 5 nitrogen and oxygen atoms in total. The van der Waals surface area contributed by atoms with E-state index in [1.165, 1.54) is 6.07 Å². The molecule has 0 aromatic heterocycles. The molecule has 108 valence electrons. The average Bonchev–Trinajstić information content (AvgIpc) is 2.38. The van der Waals surface area contributed by atoms with Crippen molar-refractivity contribution in [3.05, 3.63) is 58.1 Å². The standard InChI is InChI=1S/C15H13BrN2O3/c1-9-7-12(5-6-13(9)14(19)20)18-15(21)17-11-4-2-3-10(16)8-11/h2-8H,1H3,(H,19,20)(H2,17,18,21). The molecule has 0 aliphatic rings. The van der Waals surface area contributed by atoms with E-state index in [9.17, 15) is 9.59 Å². The zero-order chi connectivity index (χ0) is 15.4. The number of urea groups is 1. The van der Waals surface area contributed by atoms with Crippen LogP contribution >= 0.6 is 15.9 Å². The molecule has 0 fully saturated rings. The van der Waals surface area contributed by atoms with E-state index in [0.717, 1.165) is 4.47 Å². The van der Waals surface area contributed by atoms with Crippen molar-refractivity contribution in [2.24, 2.45) is 0 Å². The molecule has 0 bridgehead atoms. The minimum absolute atomic E-state index is 0.216. The Kier molecular flexibility index (Phi) is 4.59. The number of hydrogen-bond acceptors (Lipinski definition) is 2. The van der Waals surface area contributed by atoms with Gasteiger partial charge in [-0.15, -0.1) is 0 Å². The van der Waals surface area contributed by atoms with Gasteiger partial charge in [-0.05, 0) is 48.9 Å². The zero-order valence-corrected chi connectivity index (χ0v) is 12.8. The molecule has 0 saturated carbocycles. The summed E-state index contributed by atoms with van der Waals surface area (Å²) >= 11 is 3.32. The fraction of sp³-hybridized carbons (Fsp3) is 0.0667. The van der Waals surface area contributed by atoms with Crippen molar-refractivity contribution in [1.29, 1.82) is 0 Å². The normalized spacial score (nSPS) is 10.0. The zero-order valence-electron chi connectivity index (χ0n) is 11.2. The lowest BCUT2D eigenvalue weighted by Gasteiger charge is -2.09. The van der Waals surface area contributed by atoms with Crippen LogP contribution in [0.1, 0.15) is 15.9 Å². The minimum Gasteiger partial charge on any atom is -0.478 e. The summed E-state index contributed by atoms with van der Waals surface area (Å²) in [7, 11) is 0. The Labute approximate surface area is 130 Å². The number of carbonyl (C=O) groups excluding carboxylic acids is 1. The topological polar surface area (TPSA) is 78.4 Å². The summed E-state index contributed by atoms with van der Waals surface area (Å²) in [4.78, 5) is 22.8. The summed E-state index contributed by atoms with van der Waals surface area (Å²) in [5, 5.41) is 14.3. The van der Waals surface area contributed by atoms with Crippen LogP contribution < -0.4 is 10.6 Å². The predicted molar refractivity (Wildman–Crippen MR) is 84.9 cm³/mol. The first-order chi connectivity index (χ1) is 9.95. The second-order valence-corrected chi connectivity index (χ2v) is 5.34. The summed E-state index contributed by atoms with van der Waals surface area (Å²) in [6, 6.07) is 11.5. The smallest absolute Gasteiger partial charge is 0.335 e. The maximum absolute atomic E-state index is 11.9. The van der Waals surface area contributed by atoms with E-state index in [2.05, 4.69) is 26.6 Å². The molecule has 0 saturated heterocycles. The first-order valence-corrected chi connectivity index (χ1v) is 6.92. The largest absolute Gasteiger partial charge is 0.478 e. The van der Waals surface area contributed by atoms with Crippen molar-refractivity contribution < 1.29 is 14.7 Å². The number of nitrogens with one attached hydrogen (secondary N) is 2. The number of carboxylic acid groups (broad SMARTS) is 1. The monoisotopic (exact) mass is 348 g/mol. The summed E-state index contributed by atoms with van der Waals surface area (Å²) in [6.07, 6.45) is 0. The van der Waals surface area contributed by atoms with Gasteiger partial charge in [0, 0.05) is 15.8 Å². The molecule has 2 amide bonds. The number of anilines is 2. The van der Waals surface area contributed by atoms with E-state index in [1.807, 2.05) is 12.1 Å². The van der Waals surface area contributed by atoms with Gasteiger partial charge in [0.2, 0.25) is 0 Å². The van der Waals surface area contributed by atoms with Crippen LogP contribution in [0.3, 0.4) is 0 Å². The van der Waals surface area contributed by atoms with Crippen LogP contribution in [-0.4, -0.2) is 17.1 Å². The fourth-order valence-electron chi connectivity index (χ4n) is 1.84. The number of aromatic carboxylic acids is 1. The van der Waals surface area contributed by atoms with E-state index >= 15 is 0 Å². The summed E-state index contributed by atoms with van der Waals surface area (Å²) < 4.78 is 0.863. The summed E-state index contributed by atoms with van der Waals surface area (Å²) in [5.74, 6) is -0.988. The Morgan fingerprint density at radius 1 is 1.05 bits per heavy atom. The number of carbonyl (C=O) groups is 2. The van der Waals surface area contributed by atoms with Gasteiger partial charge < -0.3 is 15.7 Å². The number of rotatable bonds is 3. The number of aryl methyl sites for hydroxylation is 1. The lowest BCUT2D eigenvalue weighted by Crippen LogP contribution is -2.19. The van der Waals surface area contributed by atoms with Gasteiger partial charge >= 0.3 is 12.0 Å². The Hall–Kier alpha value is -2.34. The first kappa shape index (κ1) is 15.1. The Balaban J connectivity index is 2.06. The number of amides is 2. The maximum atomic E-state index is 11.9. The Bertz CT molecular complexity index is 701. The molecule has 0 unspecified atom stereocenters. The molecule has 0 heterocycles. The second kappa shape index (κ2) is 6.41. The van der Waals surface area contributed by atoms with Gasteiger partial charge in [0.05, 0.1) is 5.56 Å². The average molecular weight is 349 g/mol. The quantitative estimate of drug-likeness (QED) is 0.781. The van der Waals surface area contributed by atoms with Gasteiger partial charge in [-0.25, -0.2) is 9.59 Å². The van der Waals surface area contributed by atoms with Crippen molar-refractivity contribution in [3.63, 3.8) is 0 Å². The minimum atomic E-state index is -0.988. The third-order valence-electron chi connectivity index (χ3n) is 2.80. The fourth-order valence-corrected chi connectivity index (χ4v) is 2.24. The number of hydrogen-bond donors (Lipinski definition) is 3. The van der Waals surface area contributed by atoms with Gasteiger partial charge in [-0.2, -0.15) is 0 Å². The molecule has 2 rings (SSSR count). The van der Waals surface area contributed by atoms with Crippen LogP contribution in [0.4, 0.5) is 16.2 Å². The van der Waals surface area contributed by atoms with E-state index < -0.39 is 12.0 Å². The molecule has 0 spiro atoms. The molecular weight excluding hydrogens is 336 g/mol. The highest BCUT2D eigenvalue weighted by atomic mass is 79.9. The third kappa shape index (κ3) is 4.06. The van der Waals surface area contributed by atoms with Crippen molar-refractivity contribution in [1.82, 2.24) is 0 Å². The third-order valence-corrected chi connectivity index (χ3v) is 3.29. The molecule has 2 aromatic carbocycles. The number of carboxylic acids is 1. The predicted octanol–water partition coefficient (Wildman–Crippen LogP) is 4.10. The highest BCUT2D eigenvalue weighted by Crippen LogP contribution is 2.17. The van der Waals surface area contributed by atoms with Crippen molar-refractivity contribution in [2.75, 3.05) is 10.6 Å². The van der Waals surface area contributed by atoms with Crippen LogP contribution in [0.25, 0.3) is 0 Å². The Morgan fingerprint density at radius 3 is 2.29 bits per heavy atom. The van der Waals surface area contributed by atoms with Crippen molar-refractivity contribution in [2.45, 2.75) is 6.92 Å². The Morgan fingerprint density at radius 2 is 1.71 bits per heavy atom. The van der Waals surface area contributed by atoms with Crippen LogP contribution in [0.15, 0.2) is 46.9 Å². The lowest BCUT2D eigenvalue weighted by atomic mass is 10.1. The van der Waals surface area contributed by atoms with E-state index in [1.54, 1.807) is 31.2 Å². The van der Waals surface area contributed by atoms with Crippen LogP contribution in [-0.2, 0) is 0 Å². The number of benzene rings is 2. The second-order valence-electron chi connectivity index (χ2n) is 4.42. The highest BCUT2D eigenvalue weighted by Gasteiger charge is 2.09. The lowest BCUT2D eigenvalue weighted by molar-refractivity contribution is 0.0696. The molecule has 0 atom stereocenters. The molecule has 21 heavy (non-hydrogen) atoms. The van der Waals surface area contributed by atoms with Gasteiger partial charge in [-0.1, -0.05) is 22.0 Å². The summed E-state index contributed by atoms with van der Waals surface area (Å²) in [5.41, 5.74) is 1.99. The van der Waals surface area contributed by atoms with Gasteiger partial charge in [0.15, 0.2) is 0 Å². The summed E-state index contributed by atoms with van der Waals surface area (Å²) in [6.45, 7) is 1.68. The van der Waals surface area contributed by atoms with Crippen molar-refractivity contribution in [3.8, 4) is 0 Å². The molecule has 3 N–H and O–H groups in total. The van der Waals surface area contributed by atoms with E-state index in [-0.39, 0.29) is 5.56 Å². The number of halogens is 1. The van der Waals surface area contributed by atoms with E-state index in [4.69, 9.17) is 5.11 Å². The van der Waals surface area contributed by atoms with Gasteiger partial charge in [0.25, 0.3) is 0 Å². The maximum Gasteiger partial charge on any atom is 0.335 e. The van der Waals surface area contributed by atoms with Gasteiger partial charge in [0.1, 0.15) is 0 Å². The van der Waals surface area contributed by atoms with Crippen molar-refractivity contribution >= 4 is 39.3 Å². The van der Waals surface area contributed by atoms with Crippen LogP contribution in [0, 0.1) is 6.92 Å². The molecule has 0 aliphatic heterocycles. The molecule has 2 aromatic rings. The molecule has 6 heteroatoms. The first-order valence-electron chi connectivity index (χ1n) is 6.13. The van der Waals surface area contributed by atoms with Crippen LogP contribution in [0.2, 0.25) is 0 Å². The van der Waals surface area contributed by atoms with Crippen LogP contribution in [0.5, 0.6) is 0 Å². The molecule has 0 radical (unpaired) electrons. The SMILES string of the molecule is Cc1cc(NC(=O)Nc2cccc(Br)c2)ccc1C(=O)O. The highest BCUT2D eigenvalue weighted by molar-refractivity contribution is 9.10. The molecular formula is C15H13BrN2O3. The van der Waals surface area contributed by atoms with Gasteiger partial charge in [-0.3, -0.25) is 0 Å². The van der Waals surface area contributed by atoms with E-state index in [0.29, 0.717) is 16.9 Å².